The number of nitrogens with zero attached hydrogens (tertiary/aromatic N) is 3. The van der Waals surface area contributed by atoms with Crippen molar-refractivity contribution in [3.8, 4) is 28.1 Å². The summed E-state index contributed by atoms with van der Waals surface area (Å²) in [6, 6.07) is 21.0. The molecule has 0 fully saturated rings. The molecule has 152 valence electrons. The van der Waals surface area contributed by atoms with Crippen LogP contribution in [0.4, 0.5) is 8.78 Å². The van der Waals surface area contributed by atoms with Gasteiger partial charge < -0.3 is 4.90 Å². The Bertz CT molecular complexity index is 1130. The molecule has 0 saturated carbocycles. The molecule has 0 amide bonds. The number of hydrogen-bond donors (Lipinski definition) is 0. The van der Waals surface area contributed by atoms with Gasteiger partial charge in [-0.2, -0.15) is 5.10 Å². The van der Waals surface area contributed by atoms with Crippen molar-refractivity contribution < 1.29 is 8.78 Å². The van der Waals surface area contributed by atoms with E-state index in [4.69, 9.17) is 0 Å². The maximum atomic E-state index is 14.7. The molecule has 1 heterocycles. The second kappa shape index (κ2) is 8.59. The Morgan fingerprint density at radius 3 is 2.10 bits per heavy atom. The van der Waals surface area contributed by atoms with E-state index in [0.29, 0.717) is 5.56 Å². The van der Waals surface area contributed by atoms with Crippen LogP contribution in [0.2, 0.25) is 0 Å². The summed E-state index contributed by atoms with van der Waals surface area (Å²) in [5.41, 5.74) is 5.05. The van der Waals surface area contributed by atoms with E-state index in [1.165, 1.54) is 18.2 Å². The molecule has 0 aliphatic rings. The van der Waals surface area contributed by atoms with E-state index in [-0.39, 0.29) is 11.6 Å². The van der Waals surface area contributed by atoms with Gasteiger partial charge in [0.05, 0.1) is 17.6 Å². The first-order chi connectivity index (χ1) is 14.5. The van der Waals surface area contributed by atoms with E-state index >= 15 is 0 Å². The average molecular weight is 403 g/mol. The molecule has 0 atom stereocenters. The number of benzene rings is 3. The molecule has 0 unspecified atom stereocenters. The zero-order chi connectivity index (χ0) is 21.1. The molecule has 0 aliphatic carbocycles. The van der Waals surface area contributed by atoms with Crippen LogP contribution in [0, 0.1) is 11.6 Å². The first-order valence-corrected chi connectivity index (χ1v) is 9.86. The van der Waals surface area contributed by atoms with Crippen molar-refractivity contribution in [2.45, 2.75) is 6.42 Å². The Morgan fingerprint density at radius 1 is 0.833 bits per heavy atom. The highest BCUT2D eigenvalue weighted by Crippen LogP contribution is 2.30. The van der Waals surface area contributed by atoms with Gasteiger partial charge in [-0.25, -0.2) is 13.5 Å². The van der Waals surface area contributed by atoms with Crippen molar-refractivity contribution in [1.29, 1.82) is 0 Å². The molecule has 0 saturated heterocycles. The Hall–Kier alpha value is -3.31. The quantitative estimate of drug-likeness (QED) is 0.419. The van der Waals surface area contributed by atoms with Crippen LogP contribution in [-0.4, -0.2) is 35.3 Å². The van der Waals surface area contributed by atoms with Crippen molar-refractivity contribution in [2.24, 2.45) is 0 Å². The largest absolute Gasteiger partial charge is 0.309 e. The molecule has 0 aliphatic heterocycles. The van der Waals surface area contributed by atoms with Crippen LogP contribution in [0.15, 0.2) is 79.0 Å². The molecule has 1 aromatic heterocycles. The Balaban J connectivity index is 1.75. The summed E-state index contributed by atoms with van der Waals surface area (Å²) < 4.78 is 29.6. The van der Waals surface area contributed by atoms with Crippen LogP contribution in [-0.2, 0) is 6.42 Å². The second-order valence-corrected chi connectivity index (χ2v) is 7.52. The predicted octanol–water partition coefficient (Wildman–Crippen LogP) is 5.59. The summed E-state index contributed by atoms with van der Waals surface area (Å²) >= 11 is 0. The summed E-state index contributed by atoms with van der Waals surface area (Å²) in [6.45, 7) is 0.844. The normalized spacial score (nSPS) is 11.2. The number of aromatic nitrogens is 2. The van der Waals surface area contributed by atoms with Gasteiger partial charge in [-0.05, 0) is 73.6 Å². The van der Waals surface area contributed by atoms with Crippen LogP contribution in [0.5, 0.6) is 0 Å². The maximum absolute atomic E-state index is 14.7. The van der Waals surface area contributed by atoms with E-state index in [1.807, 2.05) is 50.6 Å². The first kappa shape index (κ1) is 20.0. The average Bonchev–Trinajstić information content (AvgIpc) is 3.17. The molecule has 4 aromatic rings. The molecular weight excluding hydrogens is 380 g/mol. The van der Waals surface area contributed by atoms with E-state index in [9.17, 15) is 8.78 Å². The van der Waals surface area contributed by atoms with Gasteiger partial charge >= 0.3 is 0 Å². The van der Waals surface area contributed by atoms with Gasteiger partial charge in [0.25, 0.3) is 0 Å². The minimum atomic E-state index is -0.270. The van der Waals surface area contributed by atoms with E-state index < -0.39 is 0 Å². The standard InChI is InChI=1S/C25H23F2N3/c1-29(2)16-15-20-17-28-30(25(20)23-5-3-4-6-24(23)27)22-13-9-19(10-14-22)18-7-11-21(26)12-8-18/h3-14,17H,15-16H2,1-2H3. The second-order valence-electron chi connectivity index (χ2n) is 7.52. The lowest BCUT2D eigenvalue weighted by Gasteiger charge is -2.13. The lowest BCUT2D eigenvalue weighted by Crippen LogP contribution is -2.15. The molecule has 4 rings (SSSR count). The van der Waals surface area contributed by atoms with E-state index in [0.717, 1.165) is 41.0 Å². The molecule has 0 radical (unpaired) electrons. The fraction of sp³-hybridized carbons (Fsp3) is 0.160. The minimum absolute atomic E-state index is 0.258. The third kappa shape index (κ3) is 4.16. The van der Waals surface area contributed by atoms with Gasteiger partial charge in [0.2, 0.25) is 0 Å². The molecular formula is C25H23F2N3. The molecule has 3 nitrogen and oxygen atoms in total. The van der Waals surface area contributed by atoms with Crippen LogP contribution < -0.4 is 0 Å². The third-order valence-electron chi connectivity index (χ3n) is 5.09. The minimum Gasteiger partial charge on any atom is -0.309 e. The van der Waals surface area contributed by atoms with Crippen LogP contribution >= 0.6 is 0 Å². The zero-order valence-corrected chi connectivity index (χ0v) is 17.0. The van der Waals surface area contributed by atoms with Crippen LogP contribution in [0.25, 0.3) is 28.1 Å². The monoisotopic (exact) mass is 403 g/mol. The van der Waals surface area contributed by atoms with Gasteiger partial charge in [0, 0.05) is 12.1 Å². The number of halogens is 2. The molecule has 5 heteroatoms. The van der Waals surface area contributed by atoms with E-state index in [1.54, 1.807) is 28.9 Å². The molecule has 3 aromatic carbocycles. The summed E-state index contributed by atoms with van der Waals surface area (Å²) in [7, 11) is 4.03. The predicted molar refractivity (Wildman–Crippen MR) is 117 cm³/mol. The van der Waals surface area contributed by atoms with Crippen molar-refractivity contribution >= 4 is 0 Å². The molecule has 0 N–H and O–H groups in total. The van der Waals surface area contributed by atoms with Gasteiger partial charge in [-0.15, -0.1) is 0 Å². The highest BCUT2D eigenvalue weighted by Gasteiger charge is 2.17. The molecule has 0 spiro atoms. The highest BCUT2D eigenvalue weighted by molar-refractivity contribution is 5.68. The van der Waals surface area contributed by atoms with Crippen molar-refractivity contribution in [1.82, 2.24) is 14.7 Å². The smallest absolute Gasteiger partial charge is 0.132 e. The van der Waals surface area contributed by atoms with Gasteiger partial charge in [-0.3, -0.25) is 0 Å². The highest BCUT2D eigenvalue weighted by atomic mass is 19.1. The summed E-state index contributed by atoms with van der Waals surface area (Å²) in [6.07, 6.45) is 2.59. The topological polar surface area (TPSA) is 21.1 Å². The number of rotatable bonds is 6. The molecule has 30 heavy (non-hydrogen) atoms. The lowest BCUT2D eigenvalue weighted by molar-refractivity contribution is 0.414. The van der Waals surface area contributed by atoms with Crippen molar-refractivity contribution in [3.05, 3.63) is 96.2 Å². The van der Waals surface area contributed by atoms with Crippen molar-refractivity contribution in [3.63, 3.8) is 0 Å². The summed E-state index contributed by atoms with van der Waals surface area (Å²) in [5, 5.41) is 4.58. The van der Waals surface area contributed by atoms with Gasteiger partial charge in [0.15, 0.2) is 0 Å². The summed E-state index contributed by atoms with van der Waals surface area (Å²) in [5.74, 6) is -0.528. The summed E-state index contributed by atoms with van der Waals surface area (Å²) in [4.78, 5) is 2.10. The fourth-order valence-corrected chi connectivity index (χ4v) is 3.48. The van der Waals surface area contributed by atoms with Gasteiger partial charge in [0.1, 0.15) is 11.6 Å². The van der Waals surface area contributed by atoms with Gasteiger partial charge in [-0.1, -0.05) is 36.4 Å². The number of likely N-dealkylation sites (N-methyl/N-ethyl adjacent to an activating group) is 1. The van der Waals surface area contributed by atoms with Crippen LogP contribution in [0.1, 0.15) is 5.56 Å². The third-order valence-corrected chi connectivity index (χ3v) is 5.09. The number of hydrogen-bond acceptors (Lipinski definition) is 2. The Labute approximate surface area is 175 Å². The van der Waals surface area contributed by atoms with E-state index in [2.05, 4.69) is 10.00 Å². The Morgan fingerprint density at radius 2 is 1.47 bits per heavy atom. The first-order valence-electron chi connectivity index (χ1n) is 9.86. The SMILES string of the molecule is CN(C)CCc1cnn(-c2ccc(-c3ccc(F)cc3)cc2)c1-c1ccccc1F. The maximum Gasteiger partial charge on any atom is 0.132 e. The molecule has 0 bridgehead atoms. The zero-order valence-electron chi connectivity index (χ0n) is 17.0. The van der Waals surface area contributed by atoms with Crippen molar-refractivity contribution in [2.75, 3.05) is 20.6 Å². The fourth-order valence-electron chi connectivity index (χ4n) is 3.48. The van der Waals surface area contributed by atoms with Crippen LogP contribution in [0.3, 0.4) is 0 Å². The lowest BCUT2D eigenvalue weighted by atomic mass is 10.0. The Kier molecular flexibility index (Phi) is 5.72.